The van der Waals surface area contributed by atoms with Gasteiger partial charge in [0.15, 0.2) is 11.6 Å². The van der Waals surface area contributed by atoms with Crippen LogP contribution in [0.2, 0.25) is 0 Å². The van der Waals surface area contributed by atoms with Crippen molar-refractivity contribution >= 4 is 5.91 Å². The van der Waals surface area contributed by atoms with E-state index in [1.54, 1.807) is 4.90 Å². The number of morpholine rings is 1. The molecule has 1 aromatic rings. The highest BCUT2D eigenvalue weighted by atomic mass is 19.2. The second-order valence-electron chi connectivity index (χ2n) is 6.02. The molecule has 6 heteroatoms. The predicted octanol–water partition coefficient (Wildman–Crippen LogP) is 1.99. The number of nitrogens with two attached hydrogens (primary N) is 1. The van der Waals surface area contributed by atoms with Gasteiger partial charge in [-0.15, -0.1) is 0 Å². The van der Waals surface area contributed by atoms with Crippen LogP contribution < -0.4 is 5.73 Å². The van der Waals surface area contributed by atoms with Gasteiger partial charge in [-0.1, -0.05) is 12.5 Å². The summed E-state index contributed by atoms with van der Waals surface area (Å²) in [7, 11) is 0. The molecule has 0 unspecified atom stereocenters. The first-order chi connectivity index (χ1) is 10.6. The van der Waals surface area contributed by atoms with Crippen molar-refractivity contribution in [3.05, 3.63) is 35.4 Å². The number of hydrogen-bond donors (Lipinski definition) is 1. The molecule has 1 saturated carbocycles. The molecule has 0 radical (unpaired) electrons. The van der Waals surface area contributed by atoms with Gasteiger partial charge in [-0.05, 0) is 30.5 Å². The molecule has 2 fully saturated rings. The second-order valence-corrected chi connectivity index (χ2v) is 6.02. The maximum Gasteiger partial charge on any atom is 0.227 e. The van der Waals surface area contributed by atoms with Gasteiger partial charge in [0.25, 0.3) is 0 Å². The Kier molecular flexibility index (Phi) is 4.40. The Morgan fingerprint density at radius 1 is 1.27 bits per heavy atom. The number of hydrogen-bond acceptors (Lipinski definition) is 3. The monoisotopic (exact) mass is 310 g/mol. The summed E-state index contributed by atoms with van der Waals surface area (Å²) >= 11 is 0. The standard InChI is InChI=1S/C16H20F2N2O2/c17-12-5-4-10(8-13(12)18)15-9-20(6-7-22-15)16(21)11-2-1-3-14(11)19/h4-5,8,11,14-15H,1-3,6-7,9,19H2/t11-,14+,15+/m0/s1. The Bertz CT molecular complexity index is 567. The number of nitrogens with zero attached hydrogens (tertiary/aromatic N) is 1. The van der Waals surface area contributed by atoms with Crippen LogP contribution >= 0.6 is 0 Å². The van der Waals surface area contributed by atoms with Gasteiger partial charge in [-0.2, -0.15) is 0 Å². The highest BCUT2D eigenvalue weighted by Crippen LogP contribution is 2.29. The minimum Gasteiger partial charge on any atom is -0.370 e. The first kappa shape index (κ1) is 15.4. The van der Waals surface area contributed by atoms with Crippen molar-refractivity contribution in [3.63, 3.8) is 0 Å². The van der Waals surface area contributed by atoms with Crippen LogP contribution in [0.1, 0.15) is 30.9 Å². The fourth-order valence-electron chi connectivity index (χ4n) is 3.29. The summed E-state index contributed by atoms with van der Waals surface area (Å²) < 4.78 is 32.0. The van der Waals surface area contributed by atoms with E-state index in [4.69, 9.17) is 10.5 Å². The summed E-state index contributed by atoms with van der Waals surface area (Å²) in [5.74, 6) is -1.85. The minimum absolute atomic E-state index is 0.0564. The lowest BCUT2D eigenvalue weighted by molar-refractivity contribution is -0.143. The van der Waals surface area contributed by atoms with Gasteiger partial charge in [0, 0.05) is 12.6 Å². The van der Waals surface area contributed by atoms with Crippen molar-refractivity contribution in [1.29, 1.82) is 0 Å². The van der Waals surface area contributed by atoms with Crippen LogP contribution in [0.4, 0.5) is 8.78 Å². The predicted molar refractivity (Wildman–Crippen MR) is 76.9 cm³/mol. The highest BCUT2D eigenvalue weighted by Gasteiger charge is 2.35. The van der Waals surface area contributed by atoms with E-state index in [1.807, 2.05) is 0 Å². The van der Waals surface area contributed by atoms with E-state index in [9.17, 15) is 13.6 Å². The summed E-state index contributed by atoms with van der Waals surface area (Å²) in [6.07, 6.45) is 2.26. The fourth-order valence-corrected chi connectivity index (χ4v) is 3.29. The molecule has 0 spiro atoms. The second kappa shape index (κ2) is 6.30. The number of carbonyl (C=O) groups excluding carboxylic acids is 1. The Balaban J connectivity index is 1.71. The van der Waals surface area contributed by atoms with Gasteiger partial charge in [-0.25, -0.2) is 8.78 Å². The Morgan fingerprint density at radius 2 is 2.09 bits per heavy atom. The number of rotatable bonds is 2. The Labute approximate surface area is 128 Å². The van der Waals surface area contributed by atoms with Crippen molar-refractivity contribution in [2.75, 3.05) is 19.7 Å². The van der Waals surface area contributed by atoms with E-state index >= 15 is 0 Å². The number of halogens is 2. The van der Waals surface area contributed by atoms with Crippen molar-refractivity contribution < 1.29 is 18.3 Å². The van der Waals surface area contributed by atoms with Crippen molar-refractivity contribution in [1.82, 2.24) is 4.90 Å². The minimum atomic E-state index is -0.901. The van der Waals surface area contributed by atoms with Gasteiger partial charge in [0.2, 0.25) is 5.91 Å². The third-order valence-electron chi connectivity index (χ3n) is 4.58. The number of carbonyl (C=O) groups is 1. The zero-order valence-corrected chi connectivity index (χ0v) is 12.3. The van der Waals surface area contributed by atoms with Gasteiger partial charge >= 0.3 is 0 Å². The lowest BCUT2D eigenvalue weighted by Crippen LogP contribution is -2.47. The molecule has 4 nitrogen and oxygen atoms in total. The van der Waals surface area contributed by atoms with Crippen molar-refractivity contribution in [2.24, 2.45) is 11.7 Å². The first-order valence-corrected chi connectivity index (χ1v) is 7.67. The van der Waals surface area contributed by atoms with E-state index in [-0.39, 0.29) is 17.9 Å². The third-order valence-corrected chi connectivity index (χ3v) is 4.58. The Hall–Kier alpha value is -1.53. The zero-order chi connectivity index (χ0) is 15.7. The number of benzene rings is 1. The lowest BCUT2D eigenvalue weighted by Gasteiger charge is -2.35. The summed E-state index contributed by atoms with van der Waals surface area (Å²) in [5.41, 5.74) is 6.55. The van der Waals surface area contributed by atoms with Gasteiger partial charge < -0.3 is 15.4 Å². The molecule has 1 amide bonds. The molecule has 2 aliphatic rings. The van der Waals surface area contributed by atoms with Crippen LogP contribution in [0.3, 0.4) is 0 Å². The molecule has 120 valence electrons. The molecule has 2 N–H and O–H groups in total. The topological polar surface area (TPSA) is 55.6 Å². The maximum atomic E-state index is 13.4. The quantitative estimate of drug-likeness (QED) is 0.909. The van der Waals surface area contributed by atoms with Gasteiger partial charge in [-0.3, -0.25) is 4.79 Å². The molecule has 1 heterocycles. The molecule has 0 bridgehead atoms. The van der Waals surface area contributed by atoms with E-state index < -0.39 is 17.7 Å². The molecular formula is C16H20F2N2O2. The van der Waals surface area contributed by atoms with Gasteiger partial charge in [0.1, 0.15) is 6.10 Å². The van der Waals surface area contributed by atoms with Crippen LogP contribution in [0.15, 0.2) is 18.2 Å². The molecule has 3 atom stereocenters. The molecule has 0 aromatic heterocycles. The first-order valence-electron chi connectivity index (χ1n) is 7.67. The summed E-state index contributed by atoms with van der Waals surface area (Å²) in [6.45, 7) is 1.26. The number of ether oxygens (including phenoxy) is 1. The largest absolute Gasteiger partial charge is 0.370 e. The molecule has 22 heavy (non-hydrogen) atoms. The molecule has 1 aliphatic heterocycles. The highest BCUT2D eigenvalue weighted by molar-refractivity contribution is 5.80. The average Bonchev–Trinajstić information content (AvgIpc) is 2.95. The van der Waals surface area contributed by atoms with E-state index in [0.717, 1.165) is 31.4 Å². The maximum absolute atomic E-state index is 13.4. The van der Waals surface area contributed by atoms with E-state index in [2.05, 4.69) is 0 Å². The molecule has 3 rings (SSSR count). The van der Waals surface area contributed by atoms with E-state index in [0.29, 0.717) is 25.3 Å². The fraction of sp³-hybridized carbons (Fsp3) is 0.562. The SMILES string of the molecule is N[C@@H]1CCC[C@@H]1C(=O)N1CCO[C@@H](c2ccc(F)c(F)c2)C1. The van der Waals surface area contributed by atoms with Crippen LogP contribution in [0.25, 0.3) is 0 Å². The molecule has 1 saturated heterocycles. The zero-order valence-electron chi connectivity index (χ0n) is 12.3. The Morgan fingerprint density at radius 3 is 2.77 bits per heavy atom. The lowest BCUT2D eigenvalue weighted by atomic mass is 10.0. The number of amides is 1. The van der Waals surface area contributed by atoms with Gasteiger partial charge in [0.05, 0.1) is 19.1 Å². The van der Waals surface area contributed by atoms with Crippen LogP contribution in [-0.2, 0) is 9.53 Å². The summed E-state index contributed by atoms with van der Waals surface area (Å²) in [5, 5.41) is 0. The summed E-state index contributed by atoms with van der Waals surface area (Å²) in [4.78, 5) is 14.3. The van der Waals surface area contributed by atoms with Crippen LogP contribution in [-0.4, -0.2) is 36.5 Å². The van der Waals surface area contributed by atoms with Crippen LogP contribution in [0.5, 0.6) is 0 Å². The molecule has 1 aromatic carbocycles. The summed E-state index contributed by atoms with van der Waals surface area (Å²) in [6, 6.07) is 3.65. The van der Waals surface area contributed by atoms with Crippen molar-refractivity contribution in [3.8, 4) is 0 Å². The third kappa shape index (κ3) is 2.98. The van der Waals surface area contributed by atoms with E-state index in [1.165, 1.54) is 6.07 Å². The smallest absolute Gasteiger partial charge is 0.227 e. The molecular weight excluding hydrogens is 290 g/mol. The molecule has 1 aliphatic carbocycles. The van der Waals surface area contributed by atoms with Crippen molar-refractivity contribution in [2.45, 2.75) is 31.4 Å². The normalized spacial score (nSPS) is 28.9. The average molecular weight is 310 g/mol. The van der Waals surface area contributed by atoms with Crippen LogP contribution in [0, 0.1) is 17.6 Å².